The van der Waals surface area contributed by atoms with Gasteiger partial charge in [-0.25, -0.2) is 8.42 Å². The summed E-state index contributed by atoms with van der Waals surface area (Å²) in [4.78, 5) is 35.0. The number of carbonyl (C=O) groups is 1. The fourth-order valence-corrected chi connectivity index (χ4v) is 3.19. The van der Waals surface area contributed by atoms with Gasteiger partial charge in [-0.3, -0.25) is 14.4 Å². The van der Waals surface area contributed by atoms with Crippen LogP contribution in [0.4, 0.5) is 5.69 Å². The average molecular weight is 396 g/mol. The number of carboxylic acid groups (broad SMARTS) is 1. The molecule has 0 aliphatic carbocycles. The summed E-state index contributed by atoms with van der Waals surface area (Å²) in [6.07, 6.45) is 0.339. The van der Waals surface area contributed by atoms with Crippen molar-refractivity contribution in [3.63, 3.8) is 0 Å². The Bertz CT molecular complexity index is 987. The van der Waals surface area contributed by atoms with Crippen molar-refractivity contribution in [2.75, 3.05) is 23.7 Å². The highest BCUT2D eigenvalue weighted by atomic mass is 32.2. The molecule has 0 amide bonds. The topological polar surface area (TPSA) is 152 Å². The van der Waals surface area contributed by atoms with E-state index in [2.05, 4.69) is 0 Å². The summed E-state index contributed by atoms with van der Waals surface area (Å²) in [6, 6.07) is 6.27. The zero-order chi connectivity index (χ0) is 20.2. The molecule has 2 rings (SSSR count). The van der Waals surface area contributed by atoms with Gasteiger partial charge in [0.25, 0.3) is 5.43 Å². The van der Waals surface area contributed by atoms with Crippen LogP contribution < -0.4 is 15.8 Å². The largest absolute Gasteiger partial charge is 0.748 e. The van der Waals surface area contributed by atoms with Crippen molar-refractivity contribution in [1.29, 1.82) is 0 Å². The summed E-state index contributed by atoms with van der Waals surface area (Å²) >= 11 is 0. The summed E-state index contributed by atoms with van der Waals surface area (Å²) in [7, 11) is -4.34. The molecule has 0 bridgehead atoms. The third-order valence-electron chi connectivity index (χ3n) is 4.05. The normalized spacial score (nSPS) is 11.6. The van der Waals surface area contributed by atoms with Crippen LogP contribution in [0.15, 0.2) is 33.9 Å². The lowest BCUT2D eigenvalue weighted by Gasteiger charge is -2.25. The number of benzene rings is 1. The number of hydrogen-bond donors (Lipinski definition) is 2. The van der Waals surface area contributed by atoms with E-state index in [1.165, 1.54) is 12.1 Å². The van der Waals surface area contributed by atoms with Gasteiger partial charge in [0, 0.05) is 31.0 Å². The predicted octanol–water partition coefficient (Wildman–Crippen LogP) is 0.262. The highest BCUT2D eigenvalue weighted by molar-refractivity contribution is 7.85. The molecule has 0 aromatic heterocycles. The number of carboxylic acids is 1. The third-order valence-corrected chi connectivity index (χ3v) is 4.84. The Kier molecular flexibility index (Phi) is 6.34. The van der Waals surface area contributed by atoms with Crippen LogP contribution in [0.1, 0.15) is 19.3 Å². The van der Waals surface area contributed by atoms with E-state index in [9.17, 15) is 32.5 Å². The SMILES string of the molecule is O=C(O)CCCN(CCCS(=O)(=O)[O-])c1ccc(-c2c(O)c(=O)c2=O)cc1. The summed E-state index contributed by atoms with van der Waals surface area (Å²) in [5.41, 5.74) is -0.747. The maximum Gasteiger partial charge on any atom is 0.303 e. The molecule has 0 aliphatic heterocycles. The number of aromatic hydroxyl groups is 1. The molecular formula is C17H18NO8S-. The molecule has 10 heteroatoms. The molecule has 2 aromatic carbocycles. The molecule has 0 radical (unpaired) electrons. The molecule has 146 valence electrons. The number of nitrogens with zero attached hydrogens (tertiary/aromatic N) is 1. The second-order valence-electron chi connectivity index (χ2n) is 6.03. The fraction of sp³-hybridized carbons (Fsp3) is 0.353. The first-order valence-corrected chi connectivity index (χ1v) is 9.71. The molecule has 0 aliphatic rings. The van der Waals surface area contributed by atoms with Gasteiger partial charge in [0.15, 0.2) is 5.75 Å². The lowest BCUT2D eigenvalue weighted by Crippen LogP contribution is -2.31. The van der Waals surface area contributed by atoms with Crippen LogP contribution in [0.5, 0.6) is 5.75 Å². The maximum absolute atomic E-state index is 11.5. The highest BCUT2D eigenvalue weighted by Gasteiger charge is 2.21. The van der Waals surface area contributed by atoms with Crippen molar-refractivity contribution >= 4 is 21.8 Å². The number of anilines is 1. The van der Waals surface area contributed by atoms with Crippen molar-refractivity contribution in [3.8, 4) is 16.9 Å². The standard InChI is InChI=1S/C17H19NO8S/c19-13(20)3-1-8-18(9-2-10-27(24,25)26)12-6-4-11(5-7-12)14-15(21)17(23)16(14)22/h4-7,21H,1-3,8-10H2,(H,19,20)(H,24,25,26)/p-1. The Morgan fingerprint density at radius 1 is 1.04 bits per heavy atom. The number of rotatable bonds is 10. The molecule has 2 N–H and O–H groups in total. The quantitative estimate of drug-likeness (QED) is 0.425. The molecule has 0 heterocycles. The number of hydrogen-bond acceptors (Lipinski definition) is 8. The zero-order valence-electron chi connectivity index (χ0n) is 14.3. The molecule has 0 atom stereocenters. The lowest BCUT2D eigenvalue weighted by atomic mass is 10.00. The second kappa shape index (κ2) is 8.31. The van der Waals surface area contributed by atoms with Crippen molar-refractivity contribution in [2.24, 2.45) is 0 Å². The Balaban J connectivity index is 2.14. The van der Waals surface area contributed by atoms with Crippen LogP contribution in [-0.4, -0.2) is 48.0 Å². The van der Waals surface area contributed by atoms with Gasteiger partial charge in [-0.15, -0.1) is 0 Å². The smallest absolute Gasteiger partial charge is 0.303 e. The van der Waals surface area contributed by atoms with Crippen molar-refractivity contribution in [3.05, 3.63) is 44.7 Å². The minimum absolute atomic E-state index is 0.0542. The Morgan fingerprint density at radius 3 is 2.15 bits per heavy atom. The van der Waals surface area contributed by atoms with Crippen LogP contribution in [0.3, 0.4) is 0 Å². The maximum atomic E-state index is 11.5. The average Bonchev–Trinajstić information content (AvgIpc) is 2.59. The van der Waals surface area contributed by atoms with Gasteiger partial charge in [-0.1, -0.05) is 12.1 Å². The molecular weight excluding hydrogens is 378 g/mol. The van der Waals surface area contributed by atoms with Gasteiger partial charge in [-0.2, -0.15) is 0 Å². The van der Waals surface area contributed by atoms with E-state index >= 15 is 0 Å². The first-order chi connectivity index (χ1) is 12.6. The predicted molar refractivity (Wildman–Crippen MR) is 96.7 cm³/mol. The van der Waals surface area contributed by atoms with Gasteiger partial charge in [0.2, 0.25) is 5.43 Å². The van der Waals surface area contributed by atoms with E-state index in [1.54, 1.807) is 17.0 Å². The Morgan fingerprint density at radius 2 is 1.63 bits per heavy atom. The van der Waals surface area contributed by atoms with Crippen LogP contribution in [0, 0.1) is 0 Å². The molecule has 0 saturated heterocycles. The summed E-state index contributed by atoms with van der Waals surface area (Å²) in [5.74, 6) is -2.06. The molecule has 0 fully saturated rings. The molecule has 0 unspecified atom stereocenters. The number of aliphatic carboxylic acids is 1. The van der Waals surface area contributed by atoms with Crippen molar-refractivity contribution < 1.29 is 28.0 Å². The van der Waals surface area contributed by atoms with E-state index in [0.29, 0.717) is 24.2 Å². The highest BCUT2D eigenvalue weighted by Crippen LogP contribution is 2.27. The van der Waals surface area contributed by atoms with Gasteiger partial charge in [0.1, 0.15) is 0 Å². The van der Waals surface area contributed by atoms with Crippen molar-refractivity contribution in [1.82, 2.24) is 0 Å². The van der Waals surface area contributed by atoms with E-state index in [4.69, 9.17) is 5.11 Å². The van der Waals surface area contributed by atoms with Crippen molar-refractivity contribution in [2.45, 2.75) is 19.3 Å². The zero-order valence-corrected chi connectivity index (χ0v) is 15.1. The van der Waals surface area contributed by atoms with Crippen LogP contribution in [0.2, 0.25) is 0 Å². The van der Waals surface area contributed by atoms with E-state index in [1.807, 2.05) is 0 Å². The molecule has 2 aromatic rings. The van der Waals surface area contributed by atoms with Crippen LogP contribution in [-0.2, 0) is 14.9 Å². The minimum atomic E-state index is -4.34. The fourth-order valence-electron chi connectivity index (χ4n) is 2.71. The summed E-state index contributed by atoms with van der Waals surface area (Å²) in [6.45, 7) is 0.557. The lowest BCUT2D eigenvalue weighted by molar-refractivity contribution is -0.137. The van der Waals surface area contributed by atoms with Gasteiger partial charge in [0.05, 0.1) is 15.7 Å². The van der Waals surface area contributed by atoms with E-state index < -0.39 is 38.4 Å². The first kappa shape index (κ1) is 20.6. The van der Waals surface area contributed by atoms with Gasteiger partial charge in [-0.05, 0) is 30.5 Å². The monoisotopic (exact) mass is 396 g/mol. The Labute approximate surface area is 154 Å². The second-order valence-corrected chi connectivity index (χ2v) is 7.55. The van der Waals surface area contributed by atoms with Gasteiger partial charge < -0.3 is 19.7 Å². The molecule has 9 nitrogen and oxygen atoms in total. The summed E-state index contributed by atoms with van der Waals surface area (Å²) in [5, 5.41) is 18.3. The van der Waals surface area contributed by atoms with Crippen LogP contribution in [0.25, 0.3) is 11.1 Å². The van der Waals surface area contributed by atoms with E-state index in [-0.39, 0.29) is 24.9 Å². The molecule has 0 saturated carbocycles. The third kappa shape index (κ3) is 5.38. The molecule has 0 spiro atoms. The first-order valence-electron chi connectivity index (χ1n) is 8.13. The summed E-state index contributed by atoms with van der Waals surface area (Å²) < 4.78 is 32.3. The Hall–Kier alpha value is -2.72. The van der Waals surface area contributed by atoms with E-state index in [0.717, 1.165) is 0 Å². The molecule has 27 heavy (non-hydrogen) atoms. The van der Waals surface area contributed by atoms with Crippen LogP contribution >= 0.6 is 0 Å². The minimum Gasteiger partial charge on any atom is -0.748 e. The van der Waals surface area contributed by atoms with Gasteiger partial charge >= 0.3 is 5.97 Å².